The highest BCUT2D eigenvalue weighted by Gasteiger charge is 2.16. The molecule has 1 aromatic heterocycles. The van der Waals surface area contributed by atoms with Crippen LogP contribution in [0.1, 0.15) is 35.0 Å². The van der Waals surface area contributed by atoms with E-state index in [1.807, 2.05) is 13.8 Å². The number of carbonyl (C=O) groups excluding carboxylic acids is 1. The standard InChI is InChI=1S/C13H12ClIN2O2/c1-7-6-16-13(19-7)8(2)17-12(18)9-3-4-11(15)10(14)5-9/h3-6,8H,1-2H3,(H,17,18). The molecule has 4 nitrogen and oxygen atoms in total. The second kappa shape index (κ2) is 5.92. The third-order valence-electron chi connectivity index (χ3n) is 2.54. The highest BCUT2D eigenvalue weighted by molar-refractivity contribution is 14.1. The second-order valence-electron chi connectivity index (χ2n) is 4.13. The van der Waals surface area contributed by atoms with Gasteiger partial charge >= 0.3 is 0 Å². The van der Waals surface area contributed by atoms with Crippen molar-refractivity contribution in [1.82, 2.24) is 10.3 Å². The van der Waals surface area contributed by atoms with Gasteiger partial charge in [-0.05, 0) is 54.6 Å². The molecule has 0 saturated carbocycles. The maximum absolute atomic E-state index is 12.1. The Bertz CT molecular complexity index is 612. The largest absolute Gasteiger partial charge is 0.444 e. The number of benzene rings is 1. The number of oxazole rings is 1. The predicted molar refractivity (Wildman–Crippen MR) is 81.3 cm³/mol. The number of carbonyl (C=O) groups is 1. The van der Waals surface area contributed by atoms with Gasteiger partial charge in [0.15, 0.2) is 0 Å². The fraction of sp³-hybridized carbons (Fsp3) is 0.231. The summed E-state index contributed by atoms with van der Waals surface area (Å²) in [5.41, 5.74) is 0.514. The van der Waals surface area contributed by atoms with Crippen LogP contribution in [0.4, 0.5) is 0 Å². The van der Waals surface area contributed by atoms with E-state index < -0.39 is 0 Å². The zero-order valence-electron chi connectivity index (χ0n) is 10.4. The summed E-state index contributed by atoms with van der Waals surface area (Å²) < 4.78 is 6.28. The third-order valence-corrected chi connectivity index (χ3v) is 4.11. The van der Waals surface area contributed by atoms with Crippen LogP contribution < -0.4 is 5.32 Å². The van der Waals surface area contributed by atoms with Crippen LogP contribution in [0.5, 0.6) is 0 Å². The molecule has 2 aromatic rings. The molecule has 1 N–H and O–H groups in total. The summed E-state index contributed by atoms with van der Waals surface area (Å²) in [5, 5.41) is 3.38. The maximum atomic E-state index is 12.1. The average molecular weight is 391 g/mol. The Kier molecular flexibility index (Phi) is 4.46. The van der Waals surface area contributed by atoms with Gasteiger partial charge in [0.25, 0.3) is 5.91 Å². The quantitative estimate of drug-likeness (QED) is 0.813. The molecule has 0 spiro atoms. The smallest absolute Gasteiger partial charge is 0.251 e. The van der Waals surface area contributed by atoms with Crippen LogP contribution in [0.25, 0.3) is 0 Å². The molecule has 0 aliphatic heterocycles. The normalized spacial score (nSPS) is 12.2. The number of aryl methyl sites for hydroxylation is 1. The fourth-order valence-electron chi connectivity index (χ4n) is 1.55. The monoisotopic (exact) mass is 390 g/mol. The van der Waals surface area contributed by atoms with E-state index >= 15 is 0 Å². The lowest BCUT2D eigenvalue weighted by Crippen LogP contribution is -2.26. The lowest BCUT2D eigenvalue weighted by Gasteiger charge is -2.10. The average Bonchev–Trinajstić information content (AvgIpc) is 2.79. The molecule has 2 rings (SSSR count). The van der Waals surface area contributed by atoms with Crippen LogP contribution in [0.15, 0.2) is 28.8 Å². The molecule has 1 aromatic carbocycles. The van der Waals surface area contributed by atoms with Gasteiger partial charge in [0.1, 0.15) is 11.8 Å². The highest BCUT2D eigenvalue weighted by atomic mass is 127. The molecule has 100 valence electrons. The summed E-state index contributed by atoms with van der Waals surface area (Å²) in [5.74, 6) is 0.998. The van der Waals surface area contributed by atoms with Crippen molar-refractivity contribution in [3.8, 4) is 0 Å². The van der Waals surface area contributed by atoms with Gasteiger partial charge in [-0.1, -0.05) is 11.6 Å². The molecule has 19 heavy (non-hydrogen) atoms. The van der Waals surface area contributed by atoms with Gasteiger partial charge in [-0.3, -0.25) is 4.79 Å². The number of aromatic nitrogens is 1. The summed E-state index contributed by atoms with van der Waals surface area (Å²) in [4.78, 5) is 16.1. The van der Waals surface area contributed by atoms with E-state index in [1.165, 1.54) is 0 Å². The molecule has 6 heteroatoms. The summed E-state index contributed by atoms with van der Waals surface area (Å²) in [6.07, 6.45) is 1.62. The molecule has 1 atom stereocenters. The number of halogens is 2. The SMILES string of the molecule is Cc1cnc(C(C)NC(=O)c2ccc(I)c(Cl)c2)o1. The third kappa shape index (κ3) is 3.48. The molecule has 1 unspecified atom stereocenters. The first-order chi connectivity index (χ1) is 8.97. The van der Waals surface area contributed by atoms with Gasteiger partial charge in [0.2, 0.25) is 5.89 Å². The molecule has 0 bridgehead atoms. The topological polar surface area (TPSA) is 55.1 Å². The summed E-state index contributed by atoms with van der Waals surface area (Å²) >= 11 is 8.11. The van der Waals surface area contributed by atoms with E-state index in [0.717, 1.165) is 3.57 Å². The lowest BCUT2D eigenvalue weighted by molar-refractivity contribution is 0.0934. The number of nitrogens with zero attached hydrogens (tertiary/aromatic N) is 1. The van der Waals surface area contributed by atoms with Crippen molar-refractivity contribution in [3.05, 3.63) is 50.2 Å². The first kappa shape index (κ1) is 14.3. The van der Waals surface area contributed by atoms with Crippen LogP contribution in [-0.2, 0) is 0 Å². The minimum Gasteiger partial charge on any atom is -0.444 e. The summed E-state index contributed by atoms with van der Waals surface area (Å²) in [7, 11) is 0. The van der Waals surface area contributed by atoms with Crippen LogP contribution in [0.2, 0.25) is 5.02 Å². The second-order valence-corrected chi connectivity index (χ2v) is 5.70. The van der Waals surface area contributed by atoms with Gasteiger partial charge in [-0.25, -0.2) is 4.98 Å². The van der Waals surface area contributed by atoms with E-state index in [9.17, 15) is 4.79 Å². The zero-order chi connectivity index (χ0) is 14.0. The van der Waals surface area contributed by atoms with Crippen molar-refractivity contribution < 1.29 is 9.21 Å². The first-order valence-electron chi connectivity index (χ1n) is 5.65. The molecule has 1 amide bonds. The van der Waals surface area contributed by atoms with Gasteiger partial charge in [-0.15, -0.1) is 0 Å². The minimum atomic E-state index is -0.292. The Labute approximate surface area is 129 Å². The lowest BCUT2D eigenvalue weighted by atomic mass is 10.2. The van der Waals surface area contributed by atoms with Crippen molar-refractivity contribution in [1.29, 1.82) is 0 Å². The van der Waals surface area contributed by atoms with E-state index in [-0.39, 0.29) is 11.9 Å². The van der Waals surface area contributed by atoms with E-state index in [4.69, 9.17) is 16.0 Å². The fourth-order valence-corrected chi connectivity index (χ4v) is 2.07. The molecule has 1 heterocycles. The van der Waals surface area contributed by atoms with Crippen molar-refractivity contribution in [3.63, 3.8) is 0 Å². The van der Waals surface area contributed by atoms with Crippen LogP contribution in [0.3, 0.4) is 0 Å². The predicted octanol–water partition coefficient (Wildman–Crippen LogP) is 3.73. The first-order valence-corrected chi connectivity index (χ1v) is 7.11. The van der Waals surface area contributed by atoms with E-state index in [0.29, 0.717) is 22.2 Å². The van der Waals surface area contributed by atoms with E-state index in [1.54, 1.807) is 24.4 Å². The summed E-state index contributed by atoms with van der Waals surface area (Å²) in [6, 6.07) is 4.89. The van der Waals surface area contributed by atoms with Crippen molar-refractivity contribution >= 4 is 40.1 Å². The molecule has 0 aliphatic carbocycles. The molecule has 0 fully saturated rings. The Morgan fingerprint density at radius 1 is 1.53 bits per heavy atom. The molecular weight excluding hydrogens is 379 g/mol. The number of hydrogen-bond donors (Lipinski definition) is 1. The van der Waals surface area contributed by atoms with Gasteiger partial charge in [-0.2, -0.15) is 0 Å². The molecule has 0 radical (unpaired) electrons. The Morgan fingerprint density at radius 3 is 2.84 bits per heavy atom. The number of rotatable bonds is 3. The Hall–Kier alpha value is -1.08. The minimum absolute atomic E-state index is 0.207. The van der Waals surface area contributed by atoms with Crippen LogP contribution >= 0.6 is 34.2 Å². The number of amides is 1. The van der Waals surface area contributed by atoms with Gasteiger partial charge < -0.3 is 9.73 Å². The van der Waals surface area contributed by atoms with Crippen LogP contribution in [-0.4, -0.2) is 10.9 Å². The molecule has 0 aliphatic rings. The highest BCUT2D eigenvalue weighted by Crippen LogP contribution is 2.20. The van der Waals surface area contributed by atoms with Crippen molar-refractivity contribution in [2.75, 3.05) is 0 Å². The van der Waals surface area contributed by atoms with Crippen molar-refractivity contribution in [2.24, 2.45) is 0 Å². The number of hydrogen-bond acceptors (Lipinski definition) is 3. The molecule has 0 saturated heterocycles. The Morgan fingerprint density at radius 2 is 2.26 bits per heavy atom. The van der Waals surface area contributed by atoms with Crippen molar-refractivity contribution in [2.45, 2.75) is 19.9 Å². The number of nitrogens with one attached hydrogen (secondary N) is 1. The molecular formula is C13H12ClIN2O2. The Balaban J connectivity index is 2.10. The zero-order valence-corrected chi connectivity index (χ0v) is 13.3. The van der Waals surface area contributed by atoms with Gasteiger partial charge in [0, 0.05) is 9.13 Å². The van der Waals surface area contributed by atoms with Gasteiger partial charge in [0.05, 0.1) is 11.2 Å². The van der Waals surface area contributed by atoms with E-state index in [2.05, 4.69) is 32.9 Å². The van der Waals surface area contributed by atoms with Crippen LogP contribution in [0, 0.1) is 10.5 Å². The summed E-state index contributed by atoms with van der Waals surface area (Å²) in [6.45, 7) is 3.63. The maximum Gasteiger partial charge on any atom is 0.251 e.